The molecule has 1 aliphatic heterocycles. The van der Waals surface area contributed by atoms with Crippen molar-refractivity contribution in [3.63, 3.8) is 0 Å². The summed E-state index contributed by atoms with van der Waals surface area (Å²) in [6, 6.07) is 5.94. The molecule has 1 aromatic carbocycles. The van der Waals surface area contributed by atoms with Crippen molar-refractivity contribution in [1.29, 1.82) is 0 Å². The lowest BCUT2D eigenvalue weighted by molar-refractivity contribution is -0.137. The Morgan fingerprint density at radius 2 is 2.06 bits per heavy atom. The van der Waals surface area contributed by atoms with E-state index < -0.39 is 11.5 Å². The molecular formula is C26H35ClN2O3. The summed E-state index contributed by atoms with van der Waals surface area (Å²) in [6.45, 7) is 12.8. The van der Waals surface area contributed by atoms with E-state index in [2.05, 4.69) is 51.7 Å². The molecule has 2 amide bonds. The summed E-state index contributed by atoms with van der Waals surface area (Å²) in [6.07, 6.45) is 6.86. The number of nitrogens with zero attached hydrogens (tertiary/aromatic N) is 1. The Labute approximate surface area is 196 Å². The number of rotatable bonds is 7. The number of halogens is 1. The molecule has 174 valence electrons. The van der Waals surface area contributed by atoms with Crippen molar-refractivity contribution in [2.24, 2.45) is 11.3 Å². The Kier molecular flexibility index (Phi) is 7.09. The summed E-state index contributed by atoms with van der Waals surface area (Å²) >= 11 is 6.72. The number of allylic oxidation sites excluding steroid dienone is 1. The number of carbonyl (C=O) groups is 2. The molecule has 1 aliphatic carbocycles. The highest BCUT2D eigenvalue weighted by Crippen LogP contribution is 2.47. The first-order valence-corrected chi connectivity index (χ1v) is 11.8. The molecule has 0 radical (unpaired) electrons. The van der Waals surface area contributed by atoms with Gasteiger partial charge < -0.3 is 10.4 Å². The Morgan fingerprint density at radius 1 is 1.34 bits per heavy atom. The topological polar surface area (TPSA) is 69.6 Å². The minimum atomic E-state index is -0.905. The van der Waals surface area contributed by atoms with Crippen LogP contribution in [0.3, 0.4) is 0 Å². The SMILES string of the molecule is C=C(CCC(=O)O)N1C=C2C(C)CCC[C@@]2(c2ccc(CCC(C)(C)C)c(Cl)c2)NC1=O. The number of carboxylic acid groups (broad SMARTS) is 1. The van der Waals surface area contributed by atoms with Crippen molar-refractivity contribution in [1.82, 2.24) is 10.2 Å². The summed E-state index contributed by atoms with van der Waals surface area (Å²) in [4.78, 5) is 25.6. The molecule has 2 aliphatic rings. The maximum Gasteiger partial charge on any atom is 0.326 e. The minimum Gasteiger partial charge on any atom is -0.481 e. The van der Waals surface area contributed by atoms with E-state index in [-0.39, 0.29) is 30.2 Å². The van der Waals surface area contributed by atoms with Crippen molar-refractivity contribution in [3.8, 4) is 0 Å². The quantitative estimate of drug-likeness (QED) is 0.482. The van der Waals surface area contributed by atoms with Crippen LogP contribution in [0.15, 0.2) is 42.2 Å². The van der Waals surface area contributed by atoms with Gasteiger partial charge in [0.1, 0.15) is 0 Å². The van der Waals surface area contributed by atoms with E-state index in [0.29, 0.717) is 5.70 Å². The second-order valence-corrected chi connectivity index (χ2v) is 10.8. The summed E-state index contributed by atoms with van der Waals surface area (Å²) in [5.74, 6) is -0.628. The van der Waals surface area contributed by atoms with Crippen LogP contribution in [0.5, 0.6) is 0 Å². The van der Waals surface area contributed by atoms with Crippen LogP contribution >= 0.6 is 11.6 Å². The maximum absolute atomic E-state index is 13.1. The predicted octanol–water partition coefficient (Wildman–Crippen LogP) is 6.62. The molecule has 1 fully saturated rings. The molecule has 1 unspecified atom stereocenters. The van der Waals surface area contributed by atoms with Crippen LogP contribution in [-0.4, -0.2) is 22.0 Å². The molecule has 2 N–H and O–H groups in total. The fraction of sp³-hybridized carbons (Fsp3) is 0.538. The van der Waals surface area contributed by atoms with E-state index in [9.17, 15) is 9.59 Å². The van der Waals surface area contributed by atoms with E-state index in [4.69, 9.17) is 16.7 Å². The predicted molar refractivity (Wildman–Crippen MR) is 128 cm³/mol. The lowest BCUT2D eigenvalue weighted by Gasteiger charge is -2.48. The van der Waals surface area contributed by atoms with Gasteiger partial charge in [-0.3, -0.25) is 9.69 Å². The summed E-state index contributed by atoms with van der Waals surface area (Å²) in [5, 5.41) is 13.0. The standard InChI is InChI=1S/C26H35ClN2O3/c1-17-7-6-13-26(20-10-9-19(22(27)15-20)12-14-25(3,4)5)21(17)16-29(24(32)28-26)18(2)8-11-23(30)31/h9-10,15-17H,2,6-8,11-14H2,1,3-5H3,(H,28,32)(H,30,31)/t17?,26-/m0/s1. The number of hydrogen-bond acceptors (Lipinski definition) is 2. The number of aliphatic carboxylic acids is 1. The molecule has 0 saturated heterocycles. The molecule has 0 bridgehead atoms. The summed E-state index contributed by atoms with van der Waals surface area (Å²) in [5.41, 5.74) is 3.38. The van der Waals surface area contributed by atoms with Gasteiger partial charge in [-0.1, -0.05) is 58.0 Å². The van der Waals surface area contributed by atoms with E-state index in [1.807, 2.05) is 12.3 Å². The van der Waals surface area contributed by atoms with E-state index >= 15 is 0 Å². The van der Waals surface area contributed by atoms with Gasteiger partial charge >= 0.3 is 12.0 Å². The molecule has 1 heterocycles. The van der Waals surface area contributed by atoms with Gasteiger partial charge in [0.05, 0.1) is 12.0 Å². The largest absolute Gasteiger partial charge is 0.481 e. The minimum absolute atomic E-state index is 0.0574. The molecule has 1 saturated carbocycles. The number of carbonyl (C=O) groups excluding carboxylic acids is 1. The van der Waals surface area contributed by atoms with Crippen LogP contribution in [0, 0.1) is 11.3 Å². The zero-order chi connectivity index (χ0) is 23.7. The lowest BCUT2D eigenvalue weighted by atomic mass is 9.68. The van der Waals surface area contributed by atoms with Crippen LogP contribution in [0.2, 0.25) is 5.02 Å². The van der Waals surface area contributed by atoms with E-state index in [1.54, 1.807) is 0 Å². The molecule has 1 aromatic rings. The zero-order valence-electron chi connectivity index (χ0n) is 19.6. The maximum atomic E-state index is 13.1. The third kappa shape index (κ3) is 5.20. The lowest BCUT2D eigenvalue weighted by Crippen LogP contribution is -2.57. The first-order valence-electron chi connectivity index (χ1n) is 11.4. The van der Waals surface area contributed by atoms with E-state index in [1.165, 1.54) is 4.90 Å². The van der Waals surface area contributed by atoms with Crippen LogP contribution in [0.4, 0.5) is 4.79 Å². The first-order chi connectivity index (χ1) is 14.9. The number of fused-ring (bicyclic) bond motifs is 1. The Bertz CT molecular complexity index is 947. The Hall–Kier alpha value is -2.27. The van der Waals surface area contributed by atoms with Crippen LogP contribution < -0.4 is 5.32 Å². The van der Waals surface area contributed by atoms with Gasteiger partial charge in [0.2, 0.25) is 0 Å². The number of aryl methyl sites for hydroxylation is 1. The van der Waals surface area contributed by atoms with Crippen molar-refractivity contribution in [2.75, 3.05) is 0 Å². The fourth-order valence-corrected chi connectivity index (χ4v) is 5.00. The van der Waals surface area contributed by atoms with Gasteiger partial charge in [0, 0.05) is 16.9 Å². The number of amides is 2. The average Bonchev–Trinajstić information content (AvgIpc) is 2.70. The van der Waals surface area contributed by atoms with Gasteiger partial charge in [0.25, 0.3) is 0 Å². The zero-order valence-corrected chi connectivity index (χ0v) is 20.4. The monoisotopic (exact) mass is 458 g/mol. The number of hydrogen-bond donors (Lipinski definition) is 2. The third-order valence-corrected chi connectivity index (χ3v) is 7.03. The highest BCUT2D eigenvalue weighted by Gasteiger charge is 2.46. The van der Waals surface area contributed by atoms with Gasteiger partial charge in [-0.2, -0.15) is 0 Å². The Balaban J connectivity index is 1.95. The van der Waals surface area contributed by atoms with Crippen LogP contribution in [0.25, 0.3) is 0 Å². The molecule has 0 aromatic heterocycles. The van der Waals surface area contributed by atoms with Crippen molar-refractivity contribution in [3.05, 3.63) is 58.4 Å². The average molecular weight is 459 g/mol. The van der Waals surface area contributed by atoms with Gasteiger partial charge in [-0.05, 0) is 72.6 Å². The molecule has 2 atom stereocenters. The highest BCUT2D eigenvalue weighted by molar-refractivity contribution is 6.31. The molecule has 6 heteroatoms. The van der Waals surface area contributed by atoms with Crippen LogP contribution in [-0.2, 0) is 16.8 Å². The van der Waals surface area contributed by atoms with Crippen LogP contribution in [0.1, 0.15) is 77.3 Å². The normalized spacial score (nSPS) is 23.3. The van der Waals surface area contributed by atoms with E-state index in [0.717, 1.165) is 53.8 Å². The molecular weight excluding hydrogens is 424 g/mol. The number of carboxylic acids is 1. The van der Waals surface area contributed by atoms with Gasteiger partial charge in [-0.15, -0.1) is 0 Å². The molecule has 0 spiro atoms. The van der Waals surface area contributed by atoms with Gasteiger partial charge in [0.15, 0.2) is 0 Å². The fourth-order valence-electron chi connectivity index (χ4n) is 4.72. The Morgan fingerprint density at radius 3 is 2.69 bits per heavy atom. The number of nitrogens with one attached hydrogen (secondary N) is 1. The summed E-state index contributed by atoms with van der Waals surface area (Å²) < 4.78 is 0. The molecule has 3 rings (SSSR count). The second kappa shape index (κ2) is 9.30. The van der Waals surface area contributed by atoms with Gasteiger partial charge in [-0.25, -0.2) is 4.79 Å². The molecule has 5 nitrogen and oxygen atoms in total. The second-order valence-electron chi connectivity index (χ2n) is 10.4. The highest BCUT2D eigenvalue weighted by atomic mass is 35.5. The summed E-state index contributed by atoms with van der Waals surface area (Å²) in [7, 11) is 0. The molecule has 32 heavy (non-hydrogen) atoms. The van der Waals surface area contributed by atoms with Crippen molar-refractivity contribution < 1.29 is 14.7 Å². The first kappa shape index (κ1) is 24.4. The third-order valence-electron chi connectivity index (χ3n) is 6.68. The smallest absolute Gasteiger partial charge is 0.326 e. The number of benzene rings is 1. The van der Waals surface area contributed by atoms with Crippen molar-refractivity contribution >= 4 is 23.6 Å². The number of urea groups is 1. The van der Waals surface area contributed by atoms with Crippen molar-refractivity contribution in [2.45, 2.75) is 78.2 Å².